The van der Waals surface area contributed by atoms with Crippen LogP contribution in [0.5, 0.6) is 0 Å². The Morgan fingerprint density at radius 1 is 1.50 bits per heavy atom. The van der Waals surface area contributed by atoms with Crippen molar-refractivity contribution in [2.45, 2.75) is 33.0 Å². The van der Waals surface area contributed by atoms with E-state index >= 15 is 0 Å². The molecule has 0 fully saturated rings. The van der Waals surface area contributed by atoms with E-state index in [1.165, 1.54) is 6.33 Å². The molecule has 0 aliphatic heterocycles. The smallest absolute Gasteiger partial charge is 0.241 e. The first-order chi connectivity index (χ1) is 6.51. The Morgan fingerprint density at radius 3 is 2.64 bits per heavy atom. The molecule has 4 nitrogen and oxygen atoms in total. The van der Waals surface area contributed by atoms with Gasteiger partial charge in [0.15, 0.2) is 0 Å². The Kier molecular flexibility index (Phi) is 3.46. The highest BCUT2D eigenvalue weighted by Crippen LogP contribution is 2.13. The van der Waals surface area contributed by atoms with Crippen LogP contribution in [0.1, 0.15) is 13.3 Å². The highest BCUT2D eigenvalue weighted by atomic mass is 28.4. The van der Waals surface area contributed by atoms with Gasteiger partial charge in [0.05, 0.1) is 12.0 Å². The fourth-order valence-corrected chi connectivity index (χ4v) is 2.00. The van der Waals surface area contributed by atoms with Gasteiger partial charge >= 0.3 is 0 Å². The zero-order chi connectivity index (χ0) is 10.6. The van der Waals surface area contributed by atoms with E-state index in [0.717, 1.165) is 12.2 Å². The van der Waals surface area contributed by atoms with Gasteiger partial charge in [0.25, 0.3) is 0 Å². The van der Waals surface area contributed by atoms with E-state index in [1.54, 1.807) is 11.0 Å². The predicted octanol–water partition coefficient (Wildman–Crippen LogP) is 2.34. The molecular formula is C9H17N3OSi. The Hall–Kier alpha value is -1.10. The SMILES string of the molecule is CCC(=Cn1cncn1)O[Si](C)(C)C. The van der Waals surface area contributed by atoms with E-state index < -0.39 is 8.32 Å². The van der Waals surface area contributed by atoms with Crippen molar-refractivity contribution in [1.29, 1.82) is 0 Å². The molecule has 1 aromatic rings. The summed E-state index contributed by atoms with van der Waals surface area (Å²) in [4.78, 5) is 3.87. The summed E-state index contributed by atoms with van der Waals surface area (Å²) in [6, 6.07) is 0. The fourth-order valence-electron chi connectivity index (χ4n) is 1.01. The van der Waals surface area contributed by atoms with E-state index in [4.69, 9.17) is 4.43 Å². The minimum absolute atomic E-state index is 0.879. The van der Waals surface area contributed by atoms with E-state index in [1.807, 2.05) is 6.20 Å². The van der Waals surface area contributed by atoms with Crippen molar-refractivity contribution in [3.63, 3.8) is 0 Å². The molecule has 0 bridgehead atoms. The fraction of sp³-hybridized carbons (Fsp3) is 0.556. The average molecular weight is 211 g/mol. The van der Waals surface area contributed by atoms with Crippen LogP contribution in [0, 0.1) is 0 Å². The summed E-state index contributed by atoms with van der Waals surface area (Å²) in [7, 11) is -1.50. The van der Waals surface area contributed by atoms with Gasteiger partial charge in [-0.2, -0.15) is 5.10 Å². The predicted molar refractivity (Wildman–Crippen MR) is 59.0 cm³/mol. The normalized spacial score (nSPS) is 13.0. The van der Waals surface area contributed by atoms with Crippen molar-refractivity contribution < 1.29 is 4.43 Å². The number of hydrogen-bond donors (Lipinski definition) is 0. The Labute approximate surface area is 85.7 Å². The van der Waals surface area contributed by atoms with Crippen molar-refractivity contribution >= 4 is 14.5 Å². The maximum atomic E-state index is 5.87. The van der Waals surface area contributed by atoms with Crippen LogP contribution in [0.15, 0.2) is 18.4 Å². The lowest BCUT2D eigenvalue weighted by molar-refractivity contribution is 0.408. The second-order valence-electron chi connectivity index (χ2n) is 4.04. The molecule has 0 amide bonds. The summed E-state index contributed by atoms with van der Waals surface area (Å²) in [5, 5.41) is 4.00. The molecule has 0 atom stereocenters. The summed E-state index contributed by atoms with van der Waals surface area (Å²) in [6.45, 7) is 8.57. The van der Waals surface area contributed by atoms with Crippen molar-refractivity contribution in [3.05, 3.63) is 18.4 Å². The minimum Gasteiger partial charge on any atom is -0.546 e. The number of hydrogen-bond acceptors (Lipinski definition) is 3. The molecule has 0 saturated carbocycles. The Bertz CT molecular complexity index is 300. The zero-order valence-electron chi connectivity index (χ0n) is 9.19. The van der Waals surface area contributed by atoms with Gasteiger partial charge in [-0.1, -0.05) is 6.92 Å². The molecule has 0 aliphatic carbocycles. The van der Waals surface area contributed by atoms with Gasteiger partial charge in [-0.05, 0) is 19.6 Å². The van der Waals surface area contributed by atoms with E-state index in [9.17, 15) is 0 Å². The zero-order valence-corrected chi connectivity index (χ0v) is 10.2. The first-order valence-corrected chi connectivity index (χ1v) is 8.16. The van der Waals surface area contributed by atoms with Crippen LogP contribution >= 0.6 is 0 Å². The van der Waals surface area contributed by atoms with Crippen LogP contribution in [-0.4, -0.2) is 23.1 Å². The molecule has 14 heavy (non-hydrogen) atoms. The Morgan fingerprint density at radius 2 is 2.21 bits per heavy atom. The van der Waals surface area contributed by atoms with E-state index in [-0.39, 0.29) is 0 Å². The third-order valence-corrected chi connectivity index (χ3v) is 2.37. The Balaban J connectivity index is 2.72. The van der Waals surface area contributed by atoms with Crippen molar-refractivity contribution in [1.82, 2.24) is 14.8 Å². The number of rotatable bonds is 4. The van der Waals surface area contributed by atoms with Gasteiger partial charge in [0.1, 0.15) is 12.7 Å². The monoisotopic (exact) mass is 211 g/mol. The number of allylic oxidation sites excluding steroid dienone is 1. The van der Waals surface area contributed by atoms with Gasteiger partial charge in [0.2, 0.25) is 8.32 Å². The van der Waals surface area contributed by atoms with Gasteiger partial charge in [0, 0.05) is 6.42 Å². The molecule has 0 spiro atoms. The third kappa shape index (κ3) is 3.74. The molecule has 1 aromatic heterocycles. The maximum absolute atomic E-state index is 5.87. The molecule has 0 radical (unpaired) electrons. The summed E-state index contributed by atoms with van der Waals surface area (Å²) >= 11 is 0. The van der Waals surface area contributed by atoms with Crippen LogP contribution in [-0.2, 0) is 4.43 Å². The highest BCUT2D eigenvalue weighted by molar-refractivity contribution is 6.70. The van der Waals surface area contributed by atoms with Gasteiger partial charge < -0.3 is 4.43 Å². The lowest BCUT2D eigenvalue weighted by Crippen LogP contribution is -2.24. The van der Waals surface area contributed by atoms with Crippen molar-refractivity contribution in [2.24, 2.45) is 0 Å². The molecular weight excluding hydrogens is 194 g/mol. The van der Waals surface area contributed by atoms with E-state index in [0.29, 0.717) is 0 Å². The molecule has 1 rings (SSSR count). The van der Waals surface area contributed by atoms with Crippen molar-refractivity contribution in [2.75, 3.05) is 0 Å². The lowest BCUT2D eigenvalue weighted by atomic mass is 10.4. The summed E-state index contributed by atoms with van der Waals surface area (Å²) in [5.74, 6) is 0.967. The average Bonchev–Trinajstić information content (AvgIpc) is 2.53. The number of aromatic nitrogens is 3. The van der Waals surface area contributed by atoms with Crippen LogP contribution in [0.4, 0.5) is 0 Å². The van der Waals surface area contributed by atoms with Gasteiger partial charge in [-0.25, -0.2) is 9.67 Å². The van der Waals surface area contributed by atoms with Crippen LogP contribution in [0.3, 0.4) is 0 Å². The van der Waals surface area contributed by atoms with Crippen LogP contribution in [0.25, 0.3) is 6.20 Å². The van der Waals surface area contributed by atoms with Crippen LogP contribution < -0.4 is 0 Å². The second kappa shape index (κ2) is 4.41. The molecule has 0 N–H and O–H groups in total. The largest absolute Gasteiger partial charge is 0.546 e. The topological polar surface area (TPSA) is 39.9 Å². The molecule has 5 heteroatoms. The first kappa shape index (κ1) is 11.0. The lowest BCUT2D eigenvalue weighted by Gasteiger charge is -2.20. The molecule has 1 heterocycles. The quantitative estimate of drug-likeness (QED) is 0.567. The summed E-state index contributed by atoms with van der Waals surface area (Å²) in [5.41, 5.74) is 0. The minimum atomic E-state index is -1.50. The molecule has 0 aromatic carbocycles. The highest BCUT2D eigenvalue weighted by Gasteiger charge is 2.16. The van der Waals surface area contributed by atoms with Gasteiger partial charge in [-0.3, -0.25) is 0 Å². The molecule has 0 aliphatic rings. The standard InChI is InChI=1S/C9H17N3OSi/c1-5-9(13-14(2,3)4)6-12-8-10-7-11-12/h6-8H,5H2,1-4H3. The molecule has 0 unspecified atom stereocenters. The summed E-state index contributed by atoms with van der Waals surface area (Å²) < 4.78 is 7.54. The second-order valence-corrected chi connectivity index (χ2v) is 8.47. The van der Waals surface area contributed by atoms with Crippen molar-refractivity contribution in [3.8, 4) is 0 Å². The maximum Gasteiger partial charge on any atom is 0.241 e. The summed E-state index contributed by atoms with van der Waals surface area (Å²) in [6.07, 6.45) is 5.93. The van der Waals surface area contributed by atoms with Gasteiger partial charge in [-0.15, -0.1) is 0 Å². The number of nitrogens with zero attached hydrogens (tertiary/aromatic N) is 3. The third-order valence-electron chi connectivity index (χ3n) is 1.50. The molecule has 0 saturated heterocycles. The van der Waals surface area contributed by atoms with E-state index in [2.05, 4.69) is 36.6 Å². The van der Waals surface area contributed by atoms with Crippen LogP contribution in [0.2, 0.25) is 19.6 Å². The first-order valence-electron chi connectivity index (χ1n) is 4.75. The molecule has 78 valence electrons.